The number of ether oxygens (including phenoxy) is 1. The third-order valence-electron chi connectivity index (χ3n) is 3.40. The lowest BCUT2D eigenvalue weighted by Crippen LogP contribution is -2.47. The molecule has 2 unspecified atom stereocenters. The minimum absolute atomic E-state index is 0.0853. The zero-order chi connectivity index (χ0) is 14.0. The lowest BCUT2D eigenvalue weighted by atomic mass is 9.96. The molecule has 6 heteroatoms. The standard InChI is InChI=1S/C13H15ClFNO3/c1-8-13(18,4-5-19-8)7-16-12(17)9-2-3-11(15)10(14)6-9/h2-3,6,8,18H,4-5,7H2,1H3,(H,16,17). The maximum Gasteiger partial charge on any atom is 0.251 e. The molecule has 0 bridgehead atoms. The second-order valence-electron chi connectivity index (χ2n) is 4.68. The smallest absolute Gasteiger partial charge is 0.251 e. The molecule has 1 fully saturated rings. The molecule has 1 aliphatic heterocycles. The molecule has 1 heterocycles. The first-order chi connectivity index (χ1) is 8.92. The number of aliphatic hydroxyl groups is 1. The van der Waals surface area contributed by atoms with Crippen LogP contribution in [0.2, 0.25) is 5.02 Å². The Hall–Kier alpha value is -1.17. The van der Waals surface area contributed by atoms with Crippen LogP contribution < -0.4 is 5.32 Å². The molecule has 1 aliphatic rings. The van der Waals surface area contributed by atoms with Crippen molar-refractivity contribution in [3.05, 3.63) is 34.6 Å². The van der Waals surface area contributed by atoms with Crippen LogP contribution in [0.5, 0.6) is 0 Å². The molecular weight excluding hydrogens is 273 g/mol. The second kappa shape index (κ2) is 5.45. The molecule has 0 saturated carbocycles. The molecule has 0 radical (unpaired) electrons. The minimum Gasteiger partial charge on any atom is -0.385 e. The number of benzene rings is 1. The zero-order valence-corrected chi connectivity index (χ0v) is 11.2. The molecular formula is C13H15ClFNO3. The number of halogens is 2. The molecule has 0 aliphatic carbocycles. The van der Waals surface area contributed by atoms with E-state index in [2.05, 4.69) is 5.32 Å². The van der Waals surface area contributed by atoms with Crippen LogP contribution in [0.4, 0.5) is 4.39 Å². The van der Waals surface area contributed by atoms with E-state index in [1.165, 1.54) is 12.1 Å². The largest absolute Gasteiger partial charge is 0.385 e. The van der Waals surface area contributed by atoms with Gasteiger partial charge in [0.1, 0.15) is 11.4 Å². The number of rotatable bonds is 3. The lowest BCUT2D eigenvalue weighted by molar-refractivity contribution is -0.0251. The van der Waals surface area contributed by atoms with Crippen LogP contribution in [0, 0.1) is 5.82 Å². The quantitative estimate of drug-likeness (QED) is 0.890. The Labute approximate surface area is 115 Å². The summed E-state index contributed by atoms with van der Waals surface area (Å²) in [6.45, 7) is 2.31. The van der Waals surface area contributed by atoms with Crippen LogP contribution in [0.3, 0.4) is 0 Å². The fourth-order valence-corrected chi connectivity index (χ4v) is 2.16. The SMILES string of the molecule is CC1OCCC1(O)CNC(=O)c1ccc(F)c(Cl)c1. The number of carbonyl (C=O) groups is 1. The first kappa shape index (κ1) is 14.2. The monoisotopic (exact) mass is 287 g/mol. The average Bonchev–Trinajstić information content (AvgIpc) is 2.71. The van der Waals surface area contributed by atoms with Crippen LogP contribution in [0.25, 0.3) is 0 Å². The predicted molar refractivity (Wildman–Crippen MR) is 68.7 cm³/mol. The number of hydrogen-bond acceptors (Lipinski definition) is 3. The Morgan fingerprint density at radius 1 is 1.68 bits per heavy atom. The number of amides is 1. The molecule has 0 spiro atoms. The van der Waals surface area contributed by atoms with Gasteiger partial charge in [-0.2, -0.15) is 0 Å². The molecule has 2 rings (SSSR count). The fourth-order valence-electron chi connectivity index (χ4n) is 1.98. The van der Waals surface area contributed by atoms with Crippen molar-refractivity contribution in [2.24, 2.45) is 0 Å². The molecule has 1 amide bonds. The minimum atomic E-state index is -1.06. The first-order valence-electron chi connectivity index (χ1n) is 5.99. The van der Waals surface area contributed by atoms with Gasteiger partial charge in [0.25, 0.3) is 5.91 Å². The van der Waals surface area contributed by atoms with Crippen molar-refractivity contribution in [2.75, 3.05) is 13.2 Å². The van der Waals surface area contributed by atoms with E-state index in [0.29, 0.717) is 13.0 Å². The first-order valence-corrected chi connectivity index (χ1v) is 6.37. The van der Waals surface area contributed by atoms with Gasteiger partial charge >= 0.3 is 0 Å². The van der Waals surface area contributed by atoms with E-state index in [1.807, 2.05) is 0 Å². The van der Waals surface area contributed by atoms with Crippen molar-refractivity contribution < 1.29 is 19.0 Å². The van der Waals surface area contributed by atoms with Gasteiger partial charge in [-0.1, -0.05) is 11.6 Å². The van der Waals surface area contributed by atoms with Crippen LogP contribution in [-0.4, -0.2) is 35.9 Å². The molecule has 4 nitrogen and oxygen atoms in total. The van der Waals surface area contributed by atoms with E-state index >= 15 is 0 Å². The van der Waals surface area contributed by atoms with E-state index in [1.54, 1.807) is 6.92 Å². The highest BCUT2D eigenvalue weighted by atomic mass is 35.5. The molecule has 104 valence electrons. The van der Waals surface area contributed by atoms with E-state index < -0.39 is 17.3 Å². The molecule has 2 atom stereocenters. The van der Waals surface area contributed by atoms with Crippen LogP contribution >= 0.6 is 11.6 Å². The summed E-state index contributed by atoms with van der Waals surface area (Å²) >= 11 is 5.61. The summed E-state index contributed by atoms with van der Waals surface area (Å²) in [6, 6.07) is 3.73. The van der Waals surface area contributed by atoms with Crippen LogP contribution in [0.15, 0.2) is 18.2 Å². The fraction of sp³-hybridized carbons (Fsp3) is 0.462. The van der Waals surface area contributed by atoms with Crippen LogP contribution in [-0.2, 0) is 4.74 Å². The number of nitrogens with one attached hydrogen (secondary N) is 1. The summed E-state index contributed by atoms with van der Waals surface area (Å²) in [5, 5.41) is 12.7. The van der Waals surface area contributed by atoms with E-state index in [0.717, 1.165) is 6.07 Å². The normalized spacial score (nSPS) is 26.4. The topological polar surface area (TPSA) is 58.6 Å². The summed E-state index contributed by atoms with van der Waals surface area (Å²) in [7, 11) is 0. The van der Waals surface area contributed by atoms with Crippen molar-refractivity contribution >= 4 is 17.5 Å². The van der Waals surface area contributed by atoms with Crippen molar-refractivity contribution in [1.82, 2.24) is 5.32 Å². The highest BCUT2D eigenvalue weighted by Gasteiger charge is 2.39. The van der Waals surface area contributed by atoms with Crippen molar-refractivity contribution in [2.45, 2.75) is 25.0 Å². The van der Waals surface area contributed by atoms with Crippen molar-refractivity contribution in [3.8, 4) is 0 Å². The highest BCUT2D eigenvalue weighted by molar-refractivity contribution is 6.31. The molecule has 1 aromatic carbocycles. The molecule has 1 saturated heterocycles. The van der Waals surface area contributed by atoms with Gasteiger partial charge in [-0.3, -0.25) is 4.79 Å². The molecule has 0 aromatic heterocycles. The van der Waals surface area contributed by atoms with Gasteiger partial charge in [0.05, 0.1) is 11.1 Å². The van der Waals surface area contributed by atoms with E-state index in [9.17, 15) is 14.3 Å². The van der Waals surface area contributed by atoms with Gasteiger partial charge in [-0.25, -0.2) is 4.39 Å². The third kappa shape index (κ3) is 3.05. The molecule has 19 heavy (non-hydrogen) atoms. The third-order valence-corrected chi connectivity index (χ3v) is 3.69. The van der Waals surface area contributed by atoms with Crippen molar-refractivity contribution in [3.63, 3.8) is 0 Å². The summed E-state index contributed by atoms with van der Waals surface area (Å²) in [5.41, 5.74) is -0.805. The van der Waals surface area contributed by atoms with Gasteiger partial charge in [0.2, 0.25) is 0 Å². The van der Waals surface area contributed by atoms with Gasteiger partial charge in [0, 0.05) is 25.1 Å². The summed E-state index contributed by atoms with van der Waals surface area (Å²) < 4.78 is 18.3. The predicted octanol–water partition coefficient (Wildman–Crippen LogP) is 1.75. The van der Waals surface area contributed by atoms with Crippen molar-refractivity contribution in [1.29, 1.82) is 0 Å². The van der Waals surface area contributed by atoms with E-state index in [4.69, 9.17) is 16.3 Å². The Morgan fingerprint density at radius 2 is 2.42 bits per heavy atom. The lowest BCUT2D eigenvalue weighted by Gasteiger charge is -2.26. The number of carbonyl (C=O) groups excluding carboxylic acids is 1. The summed E-state index contributed by atoms with van der Waals surface area (Å²) in [6.07, 6.45) is 0.142. The van der Waals surface area contributed by atoms with Gasteiger partial charge in [-0.05, 0) is 25.1 Å². The van der Waals surface area contributed by atoms with Gasteiger partial charge < -0.3 is 15.2 Å². The maximum absolute atomic E-state index is 13.0. The Morgan fingerprint density at radius 3 is 3.00 bits per heavy atom. The summed E-state index contributed by atoms with van der Waals surface area (Å²) in [4.78, 5) is 11.9. The average molecular weight is 288 g/mol. The Kier molecular flexibility index (Phi) is 4.08. The Balaban J connectivity index is 1.99. The van der Waals surface area contributed by atoms with E-state index in [-0.39, 0.29) is 23.2 Å². The zero-order valence-electron chi connectivity index (χ0n) is 10.5. The van der Waals surface area contributed by atoms with Crippen LogP contribution in [0.1, 0.15) is 23.7 Å². The highest BCUT2D eigenvalue weighted by Crippen LogP contribution is 2.25. The Bertz CT molecular complexity index is 497. The maximum atomic E-state index is 13.0. The molecule has 1 aromatic rings. The second-order valence-corrected chi connectivity index (χ2v) is 5.09. The van der Waals surface area contributed by atoms with Gasteiger partial charge in [-0.15, -0.1) is 0 Å². The summed E-state index contributed by atoms with van der Waals surface area (Å²) in [5.74, 6) is -0.982. The number of hydrogen-bond donors (Lipinski definition) is 2. The van der Waals surface area contributed by atoms with Gasteiger partial charge in [0.15, 0.2) is 0 Å². The molecule has 2 N–H and O–H groups in total.